The summed E-state index contributed by atoms with van der Waals surface area (Å²) in [4.78, 5) is 23.9. The molecule has 0 atom stereocenters. The summed E-state index contributed by atoms with van der Waals surface area (Å²) in [6, 6.07) is 8.12. The molecule has 0 aliphatic heterocycles. The number of nitroso groups, excluding NO2 is 1. The fourth-order valence-corrected chi connectivity index (χ4v) is 1.56. The zero-order valence-electron chi connectivity index (χ0n) is 8.39. The number of carbonyl (C=O) groups is 1. The van der Waals surface area contributed by atoms with Crippen LogP contribution in [0, 0.1) is 27.6 Å². The predicted molar refractivity (Wildman–Crippen MR) is 57.9 cm³/mol. The molecular formula is C11H4N4O2. The summed E-state index contributed by atoms with van der Waals surface area (Å²) in [6.45, 7) is 0. The Morgan fingerprint density at radius 1 is 1.24 bits per heavy atom. The van der Waals surface area contributed by atoms with E-state index in [4.69, 9.17) is 10.5 Å². The molecule has 1 N–H and O–H groups in total. The molecule has 17 heavy (non-hydrogen) atoms. The van der Waals surface area contributed by atoms with E-state index in [0.29, 0.717) is 16.5 Å². The van der Waals surface area contributed by atoms with Crippen LogP contribution in [0.2, 0.25) is 0 Å². The van der Waals surface area contributed by atoms with Crippen molar-refractivity contribution in [1.82, 2.24) is 4.98 Å². The Balaban J connectivity index is 2.77. The highest BCUT2D eigenvalue weighted by molar-refractivity contribution is 6.00. The van der Waals surface area contributed by atoms with Crippen molar-refractivity contribution < 1.29 is 4.79 Å². The van der Waals surface area contributed by atoms with Crippen LogP contribution in [0.25, 0.3) is 10.9 Å². The number of hydrogen-bond donors (Lipinski definition) is 1. The van der Waals surface area contributed by atoms with Crippen LogP contribution in [0.15, 0.2) is 23.4 Å². The van der Waals surface area contributed by atoms with Gasteiger partial charge in [0.15, 0.2) is 0 Å². The van der Waals surface area contributed by atoms with Crippen LogP contribution in [-0.2, 0) is 0 Å². The lowest BCUT2D eigenvalue weighted by Gasteiger charge is -1.93. The normalized spacial score (nSPS) is 9.53. The summed E-state index contributed by atoms with van der Waals surface area (Å²) in [5.74, 6) is -0.941. The average Bonchev–Trinajstić information content (AvgIpc) is 2.80. The second kappa shape index (κ2) is 3.87. The highest BCUT2D eigenvalue weighted by Gasteiger charge is 2.12. The van der Waals surface area contributed by atoms with Gasteiger partial charge in [-0.15, -0.1) is 4.91 Å². The van der Waals surface area contributed by atoms with Gasteiger partial charge in [-0.1, -0.05) is 0 Å². The van der Waals surface area contributed by atoms with Gasteiger partial charge in [0.05, 0.1) is 23.3 Å². The minimum atomic E-state index is -0.941. The molecule has 0 unspecified atom stereocenters. The van der Waals surface area contributed by atoms with Gasteiger partial charge in [-0.05, 0) is 18.2 Å². The van der Waals surface area contributed by atoms with Gasteiger partial charge in [0.25, 0.3) is 0 Å². The fraction of sp³-hybridized carbons (Fsp3) is 0. The largest absolute Gasteiger partial charge is 0.350 e. The Kier molecular flexibility index (Phi) is 2.40. The van der Waals surface area contributed by atoms with Crippen molar-refractivity contribution >= 4 is 16.8 Å². The van der Waals surface area contributed by atoms with Gasteiger partial charge in [0.2, 0.25) is 0 Å². The van der Waals surface area contributed by atoms with E-state index in [1.54, 1.807) is 0 Å². The topological polar surface area (TPSA) is 110 Å². The molecule has 0 spiro atoms. The highest BCUT2D eigenvalue weighted by atomic mass is 16.3. The van der Waals surface area contributed by atoms with Crippen LogP contribution in [0.1, 0.15) is 21.6 Å². The summed E-state index contributed by atoms with van der Waals surface area (Å²) in [6.07, 6.45) is 0. The molecule has 2 aromatic rings. The molecule has 1 aromatic carbocycles. The minimum Gasteiger partial charge on any atom is -0.350 e. The van der Waals surface area contributed by atoms with E-state index in [9.17, 15) is 9.70 Å². The second-order valence-electron chi connectivity index (χ2n) is 3.29. The summed E-state index contributed by atoms with van der Waals surface area (Å²) >= 11 is 0. The van der Waals surface area contributed by atoms with Crippen molar-refractivity contribution in [1.29, 1.82) is 10.5 Å². The van der Waals surface area contributed by atoms with Gasteiger partial charge in [-0.3, -0.25) is 4.79 Å². The van der Waals surface area contributed by atoms with E-state index in [2.05, 4.69) is 10.2 Å². The first kappa shape index (κ1) is 10.5. The van der Waals surface area contributed by atoms with Crippen molar-refractivity contribution in [2.75, 3.05) is 0 Å². The van der Waals surface area contributed by atoms with Gasteiger partial charge < -0.3 is 4.98 Å². The Bertz CT molecular complexity index is 715. The third kappa shape index (κ3) is 1.64. The molecule has 0 bridgehead atoms. The Morgan fingerprint density at radius 2 is 2.00 bits per heavy atom. The number of aromatic amines is 1. The zero-order valence-corrected chi connectivity index (χ0v) is 8.39. The zero-order chi connectivity index (χ0) is 12.4. The van der Waals surface area contributed by atoms with E-state index in [0.717, 1.165) is 0 Å². The van der Waals surface area contributed by atoms with Gasteiger partial charge in [0.1, 0.15) is 5.69 Å². The molecule has 80 valence electrons. The van der Waals surface area contributed by atoms with Crippen molar-refractivity contribution in [3.63, 3.8) is 0 Å². The van der Waals surface area contributed by atoms with Gasteiger partial charge >= 0.3 is 5.91 Å². The molecule has 0 radical (unpaired) electrons. The Hall–Kier alpha value is -2.99. The van der Waals surface area contributed by atoms with E-state index in [1.165, 1.54) is 18.2 Å². The fourth-order valence-electron chi connectivity index (χ4n) is 1.56. The van der Waals surface area contributed by atoms with Crippen LogP contribution < -0.4 is 0 Å². The van der Waals surface area contributed by atoms with Crippen molar-refractivity contribution in [2.45, 2.75) is 0 Å². The van der Waals surface area contributed by atoms with Crippen LogP contribution >= 0.6 is 0 Å². The maximum atomic E-state index is 11.1. The van der Waals surface area contributed by atoms with Gasteiger partial charge in [0, 0.05) is 16.1 Å². The number of benzene rings is 1. The molecule has 2 rings (SSSR count). The Morgan fingerprint density at radius 3 is 2.59 bits per heavy atom. The van der Waals surface area contributed by atoms with E-state index < -0.39 is 5.91 Å². The van der Waals surface area contributed by atoms with E-state index >= 15 is 0 Å². The minimum absolute atomic E-state index is 0.00147. The molecule has 0 saturated carbocycles. The SMILES string of the molecule is N#Cc1cc(C#N)c2cc(C(=O)N=O)[nH]c2c1. The third-order valence-electron chi connectivity index (χ3n) is 2.30. The monoisotopic (exact) mass is 224 g/mol. The number of rotatable bonds is 1. The van der Waals surface area contributed by atoms with Gasteiger partial charge in [-0.25, -0.2) is 0 Å². The van der Waals surface area contributed by atoms with Crippen molar-refractivity contribution in [3.05, 3.63) is 39.9 Å². The summed E-state index contributed by atoms with van der Waals surface area (Å²) in [7, 11) is 0. The molecular weight excluding hydrogens is 220 g/mol. The molecule has 0 fully saturated rings. The van der Waals surface area contributed by atoms with Gasteiger partial charge in [-0.2, -0.15) is 10.5 Å². The lowest BCUT2D eigenvalue weighted by atomic mass is 10.1. The quantitative estimate of drug-likeness (QED) is 0.744. The number of nitrogens with one attached hydrogen (secondary N) is 1. The summed E-state index contributed by atoms with van der Waals surface area (Å²) < 4.78 is 0. The summed E-state index contributed by atoms with van der Waals surface area (Å²) in [5.41, 5.74) is 1.02. The van der Waals surface area contributed by atoms with Crippen LogP contribution in [-0.4, -0.2) is 10.9 Å². The van der Waals surface area contributed by atoms with Crippen molar-refractivity contribution in [2.24, 2.45) is 5.18 Å². The molecule has 0 aliphatic carbocycles. The standard InChI is InChI=1S/C11H4N4O2/c12-4-6-1-7(5-13)8-3-10(11(16)15-17)14-9(8)2-6/h1-3,14H. The third-order valence-corrected chi connectivity index (χ3v) is 2.30. The lowest BCUT2D eigenvalue weighted by molar-refractivity contribution is 0.0997. The van der Waals surface area contributed by atoms with Crippen LogP contribution in [0.4, 0.5) is 0 Å². The van der Waals surface area contributed by atoms with Crippen LogP contribution in [0.5, 0.6) is 0 Å². The molecule has 1 amide bonds. The molecule has 0 saturated heterocycles. The number of amides is 1. The number of nitriles is 2. The number of aromatic nitrogens is 1. The Labute approximate surface area is 95.1 Å². The first-order valence-electron chi connectivity index (χ1n) is 4.54. The molecule has 6 heteroatoms. The second-order valence-corrected chi connectivity index (χ2v) is 3.29. The first-order chi connectivity index (χ1) is 8.19. The van der Waals surface area contributed by atoms with Crippen molar-refractivity contribution in [3.8, 4) is 12.1 Å². The smallest absolute Gasteiger partial charge is 0.332 e. The lowest BCUT2D eigenvalue weighted by Crippen LogP contribution is -1.91. The van der Waals surface area contributed by atoms with E-state index in [-0.39, 0.29) is 11.3 Å². The highest BCUT2D eigenvalue weighted by Crippen LogP contribution is 2.22. The number of nitrogens with zero attached hydrogens (tertiary/aromatic N) is 3. The average molecular weight is 224 g/mol. The molecule has 6 nitrogen and oxygen atoms in total. The maximum absolute atomic E-state index is 11.1. The predicted octanol–water partition coefficient (Wildman–Crippen LogP) is 1.82. The number of hydrogen-bond acceptors (Lipinski definition) is 4. The number of carbonyl (C=O) groups excluding carboxylic acids is 1. The van der Waals surface area contributed by atoms with E-state index in [1.807, 2.05) is 12.1 Å². The first-order valence-corrected chi connectivity index (χ1v) is 4.54. The molecule has 1 aromatic heterocycles. The maximum Gasteiger partial charge on any atom is 0.332 e. The van der Waals surface area contributed by atoms with Crippen LogP contribution in [0.3, 0.4) is 0 Å². The number of H-pyrrole nitrogens is 1. The molecule has 0 aliphatic rings. The summed E-state index contributed by atoms with van der Waals surface area (Å²) in [5, 5.41) is 20.5. The number of fused-ring (bicyclic) bond motifs is 1. The molecule has 1 heterocycles.